The number of ether oxygens (including phenoxy) is 4. The van der Waals surface area contributed by atoms with Crippen molar-refractivity contribution in [1.82, 2.24) is 5.06 Å². The van der Waals surface area contributed by atoms with Gasteiger partial charge in [0.2, 0.25) is 5.69 Å². The molecule has 0 radical (unpaired) electrons. The zero-order valence-corrected chi connectivity index (χ0v) is 41.8. The number of hydroxylamine groups is 2. The van der Waals surface area contributed by atoms with Gasteiger partial charge in [0.1, 0.15) is 26.8 Å². The molecule has 388 valence electrons. The van der Waals surface area contributed by atoms with E-state index in [1.165, 1.54) is 25.3 Å². The van der Waals surface area contributed by atoms with Gasteiger partial charge < -0.3 is 46.9 Å². The van der Waals surface area contributed by atoms with Crippen molar-refractivity contribution in [1.29, 1.82) is 0 Å². The van der Waals surface area contributed by atoms with Crippen LogP contribution in [0, 0.1) is 0 Å². The molecule has 23 nitrogen and oxygen atoms in total. The highest BCUT2D eigenvalue weighted by molar-refractivity contribution is 7.86. The number of methoxy groups -OCH3 is 1. The number of hydrogen-bond acceptors (Lipinski definition) is 21. The molecule has 3 aliphatic rings. The monoisotopic (exact) mass is 1060 g/mol. The molecule has 0 aliphatic carbocycles. The maximum atomic E-state index is 12.4. The third-order valence-corrected chi connectivity index (χ3v) is 15.3. The molecule has 1 fully saturated rings. The predicted octanol–water partition coefficient (Wildman–Crippen LogP) is 1.41. The summed E-state index contributed by atoms with van der Waals surface area (Å²) in [6, 6.07) is 7.39. The number of fused-ring (bicyclic) bond motifs is 2. The normalized spacial score (nSPS) is 20.4. The second-order valence-corrected chi connectivity index (χ2v) is 22.7. The fourth-order valence-corrected chi connectivity index (χ4v) is 10.6. The molecule has 27 heteroatoms. The summed E-state index contributed by atoms with van der Waals surface area (Å²) >= 11 is 0. The molecule has 2 aromatic rings. The molecule has 3 heterocycles. The number of amides is 2. The fourth-order valence-electron chi connectivity index (χ4n) is 8.66. The highest BCUT2D eigenvalue weighted by Gasteiger charge is 2.48. The predicted molar refractivity (Wildman–Crippen MR) is 242 cm³/mol. The lowest BCUT2D eigenvalue weighted by atomic mass is 9.75. The Hall–Kier alpha value is -4.52. The lowest BCUT2D eigenvalue weighted by Gasteiger charge is -2.31. The summed E-state index contributed by atoms with van der Waals surface area (Å²) < 4.78 is 169. The Bertz CT molecular complexity index is 2830. The third kappa shape index (κ3) is 14.6. The van der Waals surface area contributed by atoms with Gasteiger partial charge in [-0.25, -0.2) is 38.5 Å². The molecule has 3 aliphatic heterocycles. The van der Waals surface area contributed by atoms with Crippen LogP contribution in [-0.2, 0) is 89.5 Å². The molecule has 0 N–H and O–H groups in total. The Kier molecular flexibility index (Phi) is 18.8. The van der Waals surface area contributed by atoms with E-state index in [1.807, 2.05) is 0 Å². The van der Waals surface area contributed by atoms with Crippen LogP contribution in [-0.4, -0.2) is 163 Å². The van der Waals surface area contributed by atoms with Gasteiger partial charge in [-0.1, -0.05) is 6.08 Å². The number of anilines is 1. The van der Waals surface area contributed by atoms with Crippen LogP contribution in [0.3, 0.4) is 0 Å². The number of hydrogen-bond donors (Lipinski definition) is 0. The summed E-state index contributed by atoms with van der Waals surface area (Å²) in [6.45, 7) is 4.29. The maximum Gasteiger partial charge on any atom is 0.335 e. The Morgan fingerprint density at radius 2 is 1.26 bits per heavy atom. The topological polar surface area (TPSA) is 336 Å². The Morgan fingerprint density at radius 1 is 0.714 bits per heavy atom. The zero-order valence-electron chi connectivity index (χ0n) is 38.6. The molecule has 0 aromatic heterocycles. The van der Waals surface area contributed by atoms with Gasteiger partial charge in [0, 0.05) is 72.5 Å². The molecule has 0 bridgehead atoms. The van der Waals surface area contributed by atoms with Crippen LogP contribution >= 0.6 is 0 Å². The number of benzene rings is 2. The molecule has 2 unspecified atom stereocenters. The van der Waals surface area contributed by atoms with Gasteiger partial charge in [0.05, 0.1) is 81.5 Å². The van der Waals surface area contributed by atoms with Gasteiger partial charge in [-0.05, 0) is 81.5 Å². The number of carbonyl (C=O) groups excluding carboxylic acids is 3. The summed E-state index contributed by atoms with van der Waals surface area (Å²) in [5.74, 6) is -3.81. The van der Waals surface area contributed by atoms with Crippen molar-refractivity contribution >= 4 is 75.3 Å². The average Bonchev–Trinajstić information content (AvgIpc) is 3.78. The van der Waals surface area contributed by atoms with Crippen molar-refractivity contribution < 1.29 is 94.6 Å². The van der Waals surface area contributed by atoms with Gasteiger partial charge >= 0.3 is 5.97 Å². The van der Waals surface area contributed by atoms with Crippen molar-refractivity contribution in [2.45, 2.75) is 79.4 Å². The Labute approximate surface area is 407 Å². The van der Waals surface area contributed by atoms with Gasteiger partial charge in [-0.3, -0.25) is 9.59 Å². The van der Waals surface area contributed by atoms with E-state index in [-0.39, 0.29) is 96.6 Å². The summed E-state index contributed by atoms with van der Waals surface area (Å²) in [5, 5.41) is 0.398. The van der Waals surface area contributed by atoms with Crippen LogP contribution in [0.15, 0.2) is 70.1 Å². The minimum absolute atomic E-state index is 0.0157. The van der Waals surface area contributed by atoms with Gasteiger partial charge in [0.15, 0.2) is 12.3 Å². The van der Waals surface area contributed by atoms with Crippen LogP contribution in [0.2, 0.25) is 0 Å². The number of nitrogens with zero attached hydrogens (tertiary/aromatic N) is 3. The van der Waals surface area contributed by atoms with Crippen LogP contribution < -0.4 is 4.90 Å². The highest BCUT2D eigenvalue weighted by atomic mass is 32.2. The van der Waals surface area contributed by atoms with E-state index < -0.39 is 90.4 Å². The largest absolute Gasteiger partial charge is 0.748 e. The summed E-state index contributed by atoms with van der Waals surface area (Å²) in [5.41, 5.74) is -0.332. The lowest BCUT2D eigenvalue weighted by molar-refractivity contribution is -0.442. The Morgan fingerprint density at radius 3 is 1.84 bits per heavy atom. The maximum absolute atomic E-state index is 12.4. The van der Waals surface area contributed by atoms with Crippen LogP contribution in [0.1, 0.15) is 69.9 Å². The zero-order chi connectivity index (χ0) is 51.7. The van der Waals surface area contributed by atoms with Gasteiger partial charge in [0.25, 0.3) is 11.8 Å². The van der Waals surface area contributed by atoms with Crippen molar-refractivity contribution in [3.05, 3.63) is 71.5 Å². The Balaban J connectivity index is 1.58. The SMILES string of the molecule is COCCOCCOCCN1C(=CC=CC2=[N+](CCOCCC(=O)ON3C(=O)CCC3=O)c3ccc(S(=O)(=O)[O-])cc3C2(C)CCCS(=O)(=O)[O-])C(C)(CCCS(=O)(=O)[O-])c2cc(S(=O)(=O)[O-])ccc21. The van der Waals surface area contributed by atoms with E-state index in [9.17, 15) is 66.3 Å². The van der Waals surface area contributed by atoms with Crippen molar-refractivity contribution in [3.63, 3.8) is 0 Å². The van der Waals surface area contributed by atoms with Crippen molar-refractivity contribution in [2.24, 2.45) is 0 Å². The van der Waals surface area contributed by atoms with E-state index in [4.69, 9.17) is 23.8 Å². The molecule has 0 spiro atoms. The summed E-state index contributed by atoms with van der Waals surface area (Å²) in [7, 11) is -17.9. The minimum atomic E-state index is -5.03. The number of rotatable bonds is 28. The molecule has 1 saturated heterocycles. The lowest BCUT2D eigenvalue weighted by Crippen LogP contribution is -2.33. The molecule has 5 rings (SSSR count). The first-order valence-electron chi connectivity index (χ1n) is 21.9. The van der Waals surface area contributed by atoms with E-state index in [2.05, 4.69) is 0 Å². The van der Waals surface area contributed by atoms with E-state index >= 15 is 0 Å². The number of carbonyl (C=O) groups is 3. The van der Waals surface area contributed by atoms with E-state index in [0.717, 1.165) is 18.2 Å². The summed E-state index contributed by atoms with van der Waals surface area (Å²) in [6.07, 6.45) is 3.74. The second-order valence-electron chi connectivity index (χ2n) is 16.9. The third-order valence-electron chi connectivity index (χ3n) is 12.0. The van der Waals surface area contributed by atoms with Crippen molar-refractivity contribution in [2.75, 3.05) is 82.9 Å². The standard InChI is InChI=1S/C43H57N3O20S4/c1-42(16-5-27-67(50,51)52)33-29-31(69(56,57)58)9-11-35(33)44(18-21-63-20-15-41(49)66-46-39(47)13-14-40(46)48)37(42)7-4-8-38-43(2,17-6-28-68(53,54)55)34-30-32(70(59,60)61)10-12-36(34)45(38)19-22-64-25-26-65-24-23-62-3/h4,7-12,29-30H,5-6,13-28H2,1-3H3,(H3-,50,51,52,53,54,55,56,57,58,59,60,61)/p-3. The van der Waals surface area contributed by atoms with Gasteiger partial charge in [-0.2, -0.15) is 4.58 Å². The first-order chi connectivity index (χ1) is 32.7. The van der Waals surface area contributed by atoms with E-state index in [1.54, 1.807) is 41.6 Å². The van der Waals surface area contributed by atoms with Crippen LogP contribution in [0.4, 0.5) is 11.4 Å². The molecule has 70 heavy (non-hydrogen) atoms. The average molecular weight is 1060 g/mol. The smallest absolute Gasteiger partial charge is 0.335 e. The summed E-state index contributed by atoms with van der Waals surface area (Å²) in [4.78, 5) is 41.7. The van der Waals surface area contributed by atoms with Crippen molar-refractivity contribution in [3.8, 4) is 0 Å². The van der Waals surface area contributed by atoms with Crippen LogP contribution in [0.25, 0.3) is 0 Å². The second kappa shape index (κ2) is 23.4. The molecule has 2 amide bonds. The van der Waals surface area contributed by atoms with E-state index in [0.29, 0.717) is 46.6 Å². The minimum Gasteiger partial charge on any atom is -0.748 e. The fraction of sp³-hybridized carbons (Fsp3) is 0.535. The molecular weight excluding hydrogens is 1010 g/mol. The first kappa shape index (κ1) is 56.4. The molecular formula is C43H54N3O20S4-3. The first-order valence-corrected chi connectivity index (χ1v) is 27.8. The number of imide groups is 1. The molecule has 2 aromatic carbocycles. The molecule has 0 saturated carbocycles. The quantitative estimate of drug-likeness (QED) is 0.0503. The number of allylic oxidation sites excluding steroid dienone is 4. The highest BCUT2D eigenvalue weighted by Crippen LogP contribution is 2.51. The van der Waals surface area contributed by atoms with Crippen LogP contribution in [0.5, 0.6) is 0 Å². The van der Waals surface area contributed by atoms with Gasteiger partial charge in [-0.15, -0.1) is 5.06 Å². The molecule has 2 atom stereocenters.